The van der Waals surface area contributed by atoms with E-state index in [0.29, 0.717) is 5.92 Å². The van der Waals surface area contributed by atoms with E-state index in [1.165, 1.54) is 12.8 Å². The molecule has 14 heavy (non-hydrogen) atoms. The average molecular weight is 192 g/mol. The molecule has 2 heterocycles. The van der Waals surface area contributed by atoms with Crippen LogP contribution < -0.4 is 10.1 Å². The molecule has 3 nitrogen and oxygen atoms in total. The summed E-state index contributed by atoms with van der Waals surface area (Å²) in [5.74, 6) is 1.53. The van der Waals surface area contributed by atoms with Gasteiger partial charge in [0.25, 0.3) is 0 Å². The van der Waals surface area contributed by atoms with Crippen LogP contribution in [0, 0.1) is 5.92 Å². The van der Waals surface area contributed by atoms with E-state index < -0.39 is 0 Å². The van der Waals surface area contributed by atoms with Crippen molar-refractivity contribution in [3.05, 3.63) is 24.5 Å². The first-order valence-corrected chi connectivity index (χ1v) is 5.19. The van der Waals surface area contributed by atoms with Gasteiger partial charge in [0.05, 0.1) is 12.8 Å². The molecule has 0 unspecified atom stereocenters. The van der Waals surface area contributed by atoms with Crippen LogP contribution in [0.15, 0.2) is 24.5 Å². The number of rotatable bonds is 3. The Kier molecular flexibility index (Phi) is 3.35. The van der Waals surface area contributed by atoms with Crippen LogP contribution in [0.5, 0.6) is 5.75 Å². The second kappa shape index (κ2) is 4.96. The van der Waals surface area contributed by atoms with Crippen molar-refractivity contribution in [3.63, 3.8) is 0 Å². The molecule has 1 saturated heterocycles. The van der Waals surface area contributed by atoms with Crippen LogP contribution >= 0.6 is 0 Å². The first-order chi connectivity index (χ1) is 6.95. The van der Waals surface area contributed by atoms with Gasteiger partial charge < -0.3 is 10.1 Å². The number of piperidine rings is 1. The van der Waals surface area contributed by atoms with Crippen molar-refractivity contribution >= 4 is 0 Å². The second-order valence-electron chi connectivity index (χ2n) is 3.71. The Morgan fingerprint density at radius 3 is 3.29 bits per heavy atom. The molecular formula is C11H16N2O. The van der Waals surface area contributed by atoms with E-state index in [-0.39, 0.29) is 0 Å². The predicted molar refractivity (Wildman–Crippen MR) is 55.3 cm³/mol. The van der Waals surface area contributed by atoms with Crippen LogP contribution in [-0.2, 0) is 0 Å². The van der Waals surface area contributed by atoms with Gasteiger partial charge in [-0.15, -0.1) is 0 Å². The van der Waals surface area contributed by atoms with E-state index in [9.17, 15) is 0 Å². The summed E-state index contributed by atoms with van der Waals surface area (Å²) in [6, 6.07) is 3.84. The Balaban J connectivity index is 1.76. The van der Waals surface area contributed by atoms with Crippen molar-refractivity contribution in [2.45, 2.75) is 12.8 Å². The van der Waals surface area contributed by atoms with E-state index >= 15 is 0 Å². The quantitative estimate of drug-likeness (QED) is 0.787. The van der Waals surface area contributed by atoms with Crippen molar-refractivity contribution in [1.82, 2.24) is 10.3 Å². The Labute approximate surface area is 84.5 Å². The topological polar surface area (TPSA) is 34.1 Å². The van der Waals surface area contributed by atoms with Crippen LogP contribution in [0.4, 0.5) is 0 Å². The minimum absolute atomic E-state index is 0.656. The number of hydrogen-bond acceptors (Lipinski definition) is 3. The van der Waals surface area contributed by atoms with E-state index in [1.807, 2.05) is 12.1 Å². The van der Waals surface area contributed by atoms with Crippen LogP contribution in [-0.4, -0.2) is 24.7 Å². The molecule has 1 aliphatic rings. The zero-order valence-corrected chi connectivity index (χ0v) is 8.28. The molecule has 76 valence electrons. The molecule has 0 radical (unpaired) electrons. The third-order valence-corrected chi connectivity index (χ3v) is 2.52. The summed E-state index contributed by atoms with van der Waals surface area (Å²) in [5.41, 5.74) is 0. The van der Waals surface area contributed by atoms with Crippen molar-refractivity contribution in [3.8, 4) is 5.75 Å². The first-order valence-electron chi connectivity index (χ1n) is 5.19. The molecule has 1 atom stereocenters. The molecule has 0 aliphatic carbocycles. The molecule has 0 spiro atoms. The van der Waals surface area contributed by atoms with Gasteiger partial charge in [0.2, 0.25) is 0 Å². The second-order valence-corrected chi connectivity index (χ2v) is 3.71. The fourth-order valence-corrected chi connectivity index (χ4v) is 1.71. The van der Waals surface area contributed by atoms with Crippen LogP contribution in [0.25, 0.3) is 0 Å². The molecule has 1 fully saturated rings. The maximum absolute atomic E-state index is 5.64. The highest BCUT2D eigenvalue weighted by Crippen LogP contribution is 2.13. The predicted octanol–water partition coefficient (Wildman–Crippen LogP) is 1.46. The molecule has 0 bridgehead atoms. The minimum atomic E-state index is 0.656. The third-order valence-electron chi connectivity index (χ3n) is 2.52. The molecular weight excluding hydrogens is 176 g/mol. The highest BCUT2D eigenvalue weighted by Gasteiger charge is 2.13. The molecule has 0 saturated carbocycles. The summed E-state index contributed by atoms with van der Waals surface area (Å²) in [7, 11) is 0. The van der Waals surface area contributed by atoms with E-state index in [2.05, 4.69) is 10.3 Å². The van der Waals surface area contributed by atoms with Gasteiger partial charge in [-0.05, 0) is 31.5 Å². The summed E-state index contributed by atoms with van der Waals surface area (Å²) >= 11 is 0. The summed E-state index contributed by atoms with van der Waals surface area (Å²) in [5, 5.41) is 3.38. The van der Waals surface area contributed by atoms with Crippen LogP contribution in [0.3, 0.4) is 0 Å². The Bertz CT molecular complexity index is 257. The average Bonchev–Trinajstić information content (AvgIpc) is 2.29. The molecule has 1 N–H and O–H groups in total. The lowest BCUT2D eigenvalue weighted by atomic mass is 10.0. The molecule has 0 amide bonds. The van der Waals surface area contributed by atoms with Gasteiger partial charge in [-0.1, -0.05) is 0 Å². The number of hydrogen-bond donors (Lipinski definition) is 1. The SMILES string of the molecule is c1cncc(OC[C@@H]2CCCNC2)c1. The fourth-order valence-electron chi connectivity index (χ4n) is 1.71. The lowest BCUT2D eigenvalue weighted by Gasteiger charge is -2.22. The number of pyridine rings is 1. The lowest BCUT2D eigenvalue weighted by molar-refractivity contribution is 0.218. The summed E-state index contributed by atoms with van der Waals surface area (Å²) in [6.07, 6.45) is 6.06. The molecule has 1 aliphatic heterocycles. The molecule has 0 aromatic carbocycles. The third kappa shape index (κ3) is 2.70. The highest BCUT2D eigenvalue weighted by molar-refractivity contribution is 5.15. The van der Waals surface area contributed by atoms with E-state index in [4.69, 9.17) is 4.74 Å². The molecule has 2 rings (SSSR count). The van der Waals surface area contributed by atoms with Crippen LogP contribution in [0.1, 0.15) is 12.8 Å². The van der Waals surface area contributed by atoms with E-state index in [1.54, 1.807) is 12.4 Å². The standard InChI is InChI=1S/C11H16N2O/c1-3-10(7-12-5-1)9-14-11-4-2-6-13-8-11/h2,4,6,8,10,12H,1,3,5,7,9H2/t10-/m1/s1. The molecule has 1 aromatic heterocycles. The van der Waals surface area contributed by atoms with Gasteiger partial charge in [0.15, 0.2) is 0 Å². The van der Waals surface area contributed by atoms with Crippen molar-refractivity contribution in [2.75, 3.05) is 19.7 Å². The summed E-state index contributed by atoms with van der Waals surface area (Å²) < 4.78 is 5.64. The van der Waals surface area contributed by atoms with Crippen LogP contribution in [0.2, 0.25) is 0 Å². The van der Waals surface area contributed by atoms with Crippen molar-refractivity contribution in [2.24, 2.45) is 5.92 Å². The zero-order chi connectivity index (χ0) is 9.64. The van der Waals surface area contributed by atoms with Gasteiger partial charge in [0, 0.05) is 18.7 Å². The fraction of sp³-hybridized carbons (Fsp3) is 0.545. The number of ether oxygens (including phenoxy) is 1. The maximum Gasteiger partial charge on any atom is 0.137 e. The van der Waals surface area contributed by atoms with Gasteiger partial charge in [-0.3, -0.25) is 4.98 Å². The van der Waals surface area contributed by atoms with E-state index in [0.717, 1.165) is 25.4 Å². The zero-order valence-electron chi connectivity index (χ0n) is 8.28. The largest absolute Gasteiger partial charge is 0.492 e. The Morgan fingerprint density at radius 1 is 1.57 bits per heavy atom. The number of nitrogens with zero attached hydrogens (tertiary/aromatic N) is 1. The minimum Gasteiger partial charge on any atom is -0.492 e. The van der Waals surface area contributed by atoms with Gasteiger partial charge in [-0.2, -0.15) is 0 Å². The smallest absolute Gasteiger partial charge is 0.137 e. The maximum atomic E-state index is 5.64. The van der Waals surface area contributed by atoms with Gasteiger partial charge >= 0.3 is 0 Å². The highest BCUT2D eigenvalue weighted by atomic mass is 16.5. The number of aromatic nitrogens is 1. The van der Waals surface area contributed by atoms with Gasteiger partial charge in [-0.25, -0.2) is 0 Å². The first kappa shape index (κ1) is 9.46. The van der Waals surface area contributed by atoms with Crippen molar-refractivity contribution in [1.29, 1.82) is 0 Å². The molecule has 3 heteroatoms. The monoisotopic (exact) mass is 192 g/mol. The lowest BCUT2D eigenvalue weighted by Crippen LogP contribution is -2.33. The Morgan fingerprint density at radius 2 is 2.57 bits per heavy atom. The van der Waals surface area contributed by atoms with Crippen molar-refractivity contribution < 1.29 is 4.74 Å². The summed E-state index contributed by atoms with van der Waals surface area (Å²) in [6.45, 7) is 3.04. The van der Waals surface area contributed by atoms with Gasteiger partial charge in [0.1, 0.15) is 5.75 Å². The normalized spacial score (nSPS) is 21.9. The number of nitrogens with one attached hydrogen (secondary N) is 1. The summed E-state index contributed by atoms with van der Waals surface area (Å²) in [4.78, 5) is 4.01. The Hall–Kier alpha value is -1.09. The molecule has 1 aromatic rings.